The van der Waals surface area contributed by atoms with Gasteiger partial charge in [-0.15, -0.1) is 49.0 Å². The molecule has 4 heterocycles. The van der Waals surface area contributed by atoms with Gasteiger partial charge in [0.05, 0.1) is 84.3 Å². The Hall–Kier alpha value is -8.14. The number of pyridine rings is 2. The van der Waals surface area contributed by atoms with Crippen LogP contribution in [-0.4, -0.2) is 137 Å². The lowest BCUT2D eigenvalue weighted by atomic mass is 9.84. The number of allylic oxidation sites excluding steroid dienone is 4. The molecule has 10 atom stereocenters. The second-order valence-electron chi connectivity index (χ2n) is 28.1. The van der Waals surface area contributed by atoms with Crippen molar-refractivity contribution in [1.29, 1.82) is 0 Å². The molecule has 2 N–H and O–H groups in total. The molecule has 4 aliphatic carbocycles. The van der Waals surface area contributed by atoms with Gasteiger partial charge in [-0.1, -0.05) is 52.0 Å². The van der Waals surface area contributed by atoms with Crippen molar-refractivity contribution in [2.45, 2.75) is 169 Å². The lowest BCUT2D eigenvalue weighted by Gasteiger charge is -2.25. The molecule has 0 radical (unpaired) electrons. The number of hydrogen-bond acceptors (Lipinski definition) is 18. The highest BCUT2D eigenvalue weighted by Gasteiger charge is 2.63. The number of ether oxygens (including phenoxy) is 5. The number of esters is 2. The number of amides is 2. The number of ketones is 2. The highest BCUT2D eigenvalue weighted by atomic mass is 32.1. The summed E-state index contributed by atoms with van der Waals surface area (Å²) in [5.41, 5.74) is 5.11. The van der Waals surface area contributed by atoms with Gasteiger partial charge in [0.2, 0.25) is 11.8 Å². The second-order valence-corrected chi connectivity index (χ2v) is 29.8. The number of carbonyl (C=O) groups excluding carboxylic acids is 6. The highest BCUT2D eigenvalue weighted by Crippen LogP contribution is 2.59. The normalized spacial score (nSPS) is 22.4. The quantitative estimate of drug-likeness (QED) is 0.0226. The molecule has 4 saturated carbocycles. The summed E-state index contributed by atoms with van der Waals surface area (Å²) in [6.07, 6.45) is 14.0. The third-order valence-corrected chi connectivity index (χ3v) is 22.3. The number of benzene rings is 2. The Balaban J connectivity index is 0.000000214. The predicted molar refractivity (Wildman–Crippen MR) is 399 cm³/mol. The van der Waals surface area contributed by atoms with Crippen LogP contribution in [0.3, 0.4) is 0 Å². The number of thiazole rings is 2. The number of aliphatic hydroxyl groups excluding tert-OH is 1. The summed E-state index contributed by atoms with van der Waals surface area (Å²) in [6, 6.07) is 11.0. The van der Waals surface area contributed by atoms with Crippen molar-refractivity contribution in [3.05, 3.63) is 131 Å². The van der Waals surface area contributed by atoms with Gasteiger partial charge in [0.1, 0.15) is 50.6 Å². The Morgan fingerprint density at radius 2 is 1.12 bits per heavy atom. The van der Waals surface area contributed by atoms with Gasteiger partial charge in [-0.2, -0.15) is 0 Å². The number of unbranched alkanes of at least 4 members (excludes halogenated alkanes) is 4. The molecule has 101 heavy (non-hydrogen) atoms. The Kier molecular flexibility index (Phi) is 27.4. The summed E-state index contributed by atoms with van der Waals surface area (Å²) in [7, 11) is 6.82. The molecule has 2 aromatic carbocycles. The van der Waals surface area contributed by atoms with Gasteiger partial charge in [-0.25, -0.2) is 15.0 Å². The van der Waals surface area contributed by atoms with E-state index >= 15 is 0 Å². The summed E-state index contributed by atoms with van der Waals surface area (Å²) >= 11 is 3.09. The molecular weight excluding hydrogens is 1320 g/mol. The van der Waals surface area contributed by atoms with Crippen LogP contribution >= 0.6 is 22.7 Å². The summed E-state index contributed by atoms with van der Waals surface area (Å²) in [6.45, 7) is 32.7. The van der Waals surface area contributed by atoms with Crippen molar-refractivity contribution >= 4 is 79.8 Å². The predicted octanol–water partition coefficient (Wildman–Crippen LogP) is 15.1. The Labute approximate surface area is 603 Å². The van der Waals surface area contributed by atoms with E-state index in [2.05, 4.69) is 69.4 Å². The van der Waals surface area contributed by atoms with E-state index in [-0.39, 0.29) is 91.0 Å². The van der Waals surface area contributed by atoms with Crippen LogP contribution in [-0.2, 0) is 38.2 Å². The average molecular weight is 1420 g/mol. The molecule has 21 heteroatoms. The molecule has 0 unspecified atom stereocenters. The van der Waals surface area contributed by atoms with E-state index in [1.807, 2.05) is 55.6 Å². The smallest absolute Gasteiger partial charge is 0.313 e. The van der Waals surface area contributed by atoms with E-state index in [0.717, 1.165) is 105 Å². The van der Waals surface area contributed by atoms with Gasteiger partial charge in [-0.05, 0) is 153 Å². The van der Waals surface area contributed by atoms with Crippen LogP contribution in [0.1, 0.15) is 166 Å². The summed E-state index contributed by atoms with van der Waals surface area (Å²) in [5, 5.41) is 17.4. The van der Waals surface area contributed by atoms with Crippen molar-refractivity contribution in [3.8, 4) is 38.7 Å². The largest absolute Gasteiger partial charge is 0.496 e. The van der Waals surface area contributed by atoms with Crippen LogP contribution in [0.5, 0.6) is 17.2 Å². The lowest BCUT2D eigenvalue weighted by molar-refractivity contribution is -0.153. The first-order valence-electron chi connectivity index (χ1n) is 35.6. The van der Waals surface area contributed by atoms with Crippen molar-refractivity contribution in [3.63, 3.8) is 0 Å². The maximum absolute atomic E-state index is 14.2. The van der Waals surface area contributed by atoms with E-state index in [0.29, 0.717) is 67.9 Å². The Morgan fingerprint density at radius 3 is 1.60 bits per heavy atom. The number of methoxy groups -OCH3 is 2. The number of carbonyl (C=O) groups is 6. The van der Waals surface area contributed by atoms with Crippen molar-refractivity contribution < 1.29 is 57.6 Å². The van der Waals surface area contributed by atoms with E-state index in [1.54, 1.807) is 98.9 Å². The van der Waals surface area contributed by atoms with Gasteiger partial charge in [0.25, 0.3) is 0 Å². The molecule has 0 aliphatic heterocycles. The fraction of sp³-hybridized carbons (Fsp3) is 0.525. The molecule has 0 spiro atoms. The second kappa shape index (κ2) is 35.2. The SMILES string of the molecule is C=CCCCCN(C)C(=O)[C@@H]1C[C@@H](O)C[C@H]1C(=O)C[C@]1(C(=O)OCC)C[C@H]1C=C.C=CCCCCN(C)C(=O)[C@@H]1C[C@H](Oc2cc(-c3nc(C(C)C)cs3)nc3c(C)c(OC)ccc23)C[C@H]1C(=O)C[C@]1(C(=O)OCC)C[C@H]1C=C.COc1ccc2c(=O)cc(-c3nc(C(C)C)cs3)[nH]c2c1C. The van der Waals surface area contributed by atoms with E-state index in [4.69, 9.17) is 33.7 Å². The molecule has 6 aromatic rings. The maximum Gasteiger partial charge on any atom is 0.313 e. The fourth-order valence-electron chi connectivity index (χ4n) is 14.3. The topological polar surface area (TPSA) is 247 Å². The van der Waals surface area contributed by atoms with Gasteiger partial charge < -0.3 is 43.6 Å². The number of aryl methyl sites for hydroxylation is 2. The van der Waals surface area contributed by atoms with Crippen LogP contribution in [0.25, 0.3) is 43.2 Å². The number of hydrogen-bond donors (Lipinski definition) is 2. The average Bonchev–Trinajstić information content (AvgIpc) is 1.61. The first kappa shape index (κ1) is 78.6. The summed E-state index contributed by atoms with van der Waals surface area (Å²) in [5.74, 6) is -0.796. The summed E-state index contributed by atoms with van der Waals surface area (Å²) < 4.78 is 28.4. The molecule has 0 saturated heterocycles. The van der Waals surface area contributed by atoms with Gasteiger partial charge in [-0.3, -0.25) is 33.6 Å². The van der Waals surface area contributed by atoms with Gasteiger partial charge in [0, 0.05) is 96.7 Å². The van der Waals surface area contributed by atoms with E-state index < -0.39 is 46.7 Å². The molecule has 0 bridgehead atoms. The third kappa shape index (κ3) is 18.2. The number of nitrogens with one attached hydrogen (secondary N) is 1. The zero-order chi connectivity index (χ0) is 73.6. The molecule has 544 valence electrons. The van der Waals surface area contributed by atoms with Gasteiger partial charge >= 0.3 is 11.9 Å². The number of nitrogens with zero attached hydrogens (tertiary/aromatic N) is 5. The van der Waals surface area contributed by atoms with Crippen molar-refractivity contribution in [2.24, 2.45) is 46.3 Å². The minimum absolute atomic E-state index is 0.00389. The number of H-pyrrole nitrogens is 1. The number of aromatic nitrogens is 4. The van der Waals surface area contributed by atoms with Crippen molar-refractivity contribution in [2.75, 3.05) is 54.6 Å². The standard InChI is InChI=1S/C40H51N3O6S.C23H35NO5.C17H18N2O2S/c1-9-12-13-14-17-43(7)38(45)30-19-27(18-29(30)33(44)22-40(21-26(40)10-2)39(46)48-11-3)49-35-20-31(37-42-32(23-50-37)24(4)5)41-36-25(6)34(47-8)16-15-28(35)36;1-5-8-9-10-11-24(4)21(27)19-13-17(25)12-18(19)20(26)15-23(14-16(23)6-2)22(28)29-7-3;1-9(2)13-8-22-17(19-13)12-7-14(20)11-5-6-15(21-4)10(3)16(11)18-12/h9-10,15-16,20,23-24,26-27,29-30H,1-2,11-14,17-19,21-22H2,3-8H3;5-6,16-19,25H,1-2,7-15H2,3-4H3;5-9H,1-4H3,(H,18,20)/t26-,27-,29-,30-,40-;16-,17+,18-,19-,23-;/m11./s1. The molecule has 4 fully saturated rings. The molecule has 10 rings (SSSR count). The molecule has 2 amide bonds. The Bertz CT molecular complexity index is 4060. The van der Waals surface area contributed by atoms with Crippen LogP contribution in [0.15, 0.2) is 103 Å². The fourth-order valence-corrected chi connectivity index (χ4v) is 16.2. The summed E-state index contributed by atoms with van der Waals surface area (Å²) in [4.78, 5) is 113. The van der Waals surface area contributed by atoms with E-state index in [1.165, 1.54) is 0 Å². The minimum Gasteiger partial charge on any atom is -0.496 e. The van der Waals surface area contributed by atoms with Crippen LogP contribution in [0, 0.1) is 60.2 Å². The number of fused-ring (bicyclic) bond motifs is 2. The molecule has 4 aromatic heterocycles. The first-order valence-corrected chi connectivity index (χ1v) is 37.4. The zero-order valence-electron chi connectivity index (χ0n) is 61.2. The number of rotatable bonds is 32. The lowest BCUT2D eigenvalue weighted by Crippen LogP contribution is -2.38. The number of aromatic amines is 1. The Morgan fingerprint density at radius 1 is 0.644 bits per heavy atom. The van der Waals surface area contributed by atoms with Crippen LogP contribution in [0.4, 0.5) is 0 Å². The van der Waals surface area contributed by atoms with Crippen LogP contribution < -0.4 is 19.6 Å². The minimum atomic E-state index is -0.909. The third-order valence-electron chi connectivity index (χ3n) is 20.5. The molecule has 4 aliphatic rings. The monoisotopic (exact) mass is 1420 g/mol. The maximum atomic E-state index is 14.2. The molecular formula is C80H104N6O13S2. The van der Waals surface area contributed by atoms with E-state index in [9.17, 15) is 38.7 Å². The first-order chi connectivity index (χ1) is 48.3. The van der Waals surface area contributed by atoms with Crippen LogP contribution in [0.2, 0.25) is 0 Å². The highest BCUT2D eigenvalue weighted by molar-refractivity contribution is 7.13. The number of Topliss-reactive ketones (excluding diaryl/α,β-unsaturated/α-hetero) is 2. The number of aliphatic hydroxyl groups is 1. The van der Waals surface area contributed by atoms with Crippen molar-refractivity contribution in [1.82, 2.24) is 29.7 Å². The molecule has 19 nitrogen and oxygen atoms in total. The zero-order valence-corrected chi connectivity index (χ0v) is 62.8. The van der Waals surface area contributed by atoms with Gasteiger partial charge in [0.15, 0.2) is 5.43 Å².